The number of nitrogens with one attached hydrogen (secondary N) is 1. The monoisotopic (exact) mass is 387 g/mol. The second-order valence-corrected chi connectivity index (χ2v) is 6.76. The van der Waals surface area contributed by atoms with Crippen molar-refractivity contribution in [3.05, 3.63) is 33.8 Å². The summed E-state index contributed by atoms with van der Waals surface area (Å²) in [5, 5.41) is 13.0. The van der Waals surface area contributed by atoms with Gasteiger partial charge in [-0.05, 0) is 17.7 Å². The minimum absolute atomic E-state index is 0.0227. The molecule has 0 aliphatic carbocycles. The number of primary amides is 1. The molecular formula is C16H19Cl2N3O4. The lowest BCUT2D eigenvalue weighted by atomic mass is 10.0. The van der Waals surface area contributed by atoms with Gasteiger partial charge in [-0.3, -0.25) is 14.4 Å². The summed E-state index contributed by atoms with van der Waals surface area (Å²) >= 11 is 12.2. The van der Waals surface area contributed by atoms with Crippen LogP contribution < -0.4 is 11.1 Å². The predicted molar refractivity (Wildman–Crippen MR) is 93.1 cm³/mol. The molecule has 9 heteroatoms. The molecule has 0 aromatic heterocycles. The Balaban J connectivity index is 2.15. The van der Waals surface area contributed by atoms with E-state index in [0.29, 0.717) is 15.6 Å². The lowest BCUT2D eigenvalue weighted by Gasteiger charge is -2.24. The Hall–Kier alpha value is -1.83. The number of nitrogens with zero attached hydrogens (tertiary/aromatic N) is 1. The molecule has 0 spiro atoms. The van der Waals surface area contributed by atoms with Crippen molar-refractivity contribution in [3.63, 3.8) is 0 Å². The highest BCUT2D eigenvalue weighted by atomic mass is 35.5. The van der Waals surface area contributed by atoms with Gasteiger partial charge in [-0.1, -0.05) is 29.3 Å². The number of carbonyl (C=O) groups excluding carboxylic acids is 3. The van der Waals surface area contributed by atoms with Crippen LogP contribution in [-0.2, 0) is 20.8 Å². The first-order valence-corrected chi connectivity index (χ1v) is 8.44. The third-order valence-corrected chi connectivity index (χ3v) is 4.82. The number of aliphatic hydroxyl groups excluding tert-OH is 1. The standard InChI is InChI=1S/C16H19Cl2N3O4/c1-8(22)21-7-9(23)5-14(21)16(25)20-13(15(19)24)6-10-11(17)3-2-4-12(10)18/h2-4,9,13-14,23H,5-7H2,1H3,(H2,19,24)(H,20,25)/t9-,13-,14+/m1/s1. The highest BCUT2D eigenvalue weighted by Crippen LogP contribution is 2.26. The van der Waals surface area contributed by atoms with Crippen LogP contribution >= 0.6 is 23.2 Å². The molecule has 1 aliphatic rings. The minimum Gasteiger partial charge on any atom is -0.391 e. The normalized spacial score (nSPS) is 21.0. The van der Waals surface area contributed by atoms with E-state index in [4.69, 9.17) is 28.9 Å². The third-order valence-electron chi connectivity index (χ3n) is 4.12. The van der Waals surface area contributed by atoms with Crippen LogP contribution in [0.2, 0.25) is 10.0 Å². The molecule has 7 nitrogen and oxygen atoms in total. The van der Waals surface area contributed by atoms with Gasteiger partial charge in [0.25, 0.3) is 0 Å². The van der Waals surface area contributed by atoms with Gasteiger partial charge < -0.3 is 21.1 Å². The molecule has 25 heavy (non-hydrogen) atoms. The summed E-state index contributed by atoms with van der Waals surface area (Å²) in [6, 6.07) is 3.00. The second-order valence-electron chi connectivity index (χ2n) is 5.94. The molecule has 3 amide bonds. The van der Waals surface area contributed by atoms with Crippen LogP contribution in [0, 0.1) is 0 Å². The molecule has 0 saturated carbocycles. The van der Waals surface area contributed by atoms with Crippen molar-refractivity contribution in [1.29, 1.82) is 0 Å². The fourth-order valence-corrected chi connectivity index (χ4v) is 3.38. The highest BCUT2D eigenvalue weighted by molar-refractivity contribution is 6.36. The Morgan fingerprint density at radius 1 is 1.36 bits per heavy atom. The van der Waals surface area contributed by atoms with Crippen molar-refractivity contribution in [3.8, 4) is 0 Å². The van der Waals surface area contributed by atoms with E-state index in [1.54, 1.807) is 18.2 Å². The maximum absolute atomic E-state index is 12.5. The molecule has 3 atom stereocenters. The fraction of sp³-hybridized carbons (Fsp3) is 0.438. The molecular weight excluding hydrogens is 369 g/mol. The summed E-state index contributed by atoms with van der Waals surface area (Å²) in [4.78, 5) is 37.1. The van der Waals surface area contributed by atoms with E-state index < -0.39 is 30.0 Å². The van der Waals surface area contributed by atoms with Crippen LogP contribution in [0.4, 0.5) is 0 Å². The van der Waals surface area contributed by atoms with Crippen LogP contribution in [0.5, 0.6) is 0 Å². The first-order chi connectivity index (χ1) is 11.7. The Bertz CT molecular complexity index is 678. The largest absolute Gasteiger partial charge is 0.391 e. The topological polar surface area (TPSA) is 113 Å². The van der Waals surface area contributed by atoms with Crippen molar-refractivity contribution in [2.45, 2.75) is 38.0 Å². The van der Waals surface area contributed by atoms with Crippen molar-refractivity contribution in [2.24, 2.45) is 5.73 Å². The fourth-order valence-electron chi connectivity index (χ4n) is 2.83. The van der Waals surface area contributed by atoms with Crippen LogP contribution in [-0.4, -0.2) is 52.5 Å². The van der Waals surface area contributed by atoms with E-state index in [1.165, 1.54) is 11.8 Å². The van der Waals surface area contributed by atoms with Gasteiger partial charge in [-0.15, -0.1) is 0 Å². The second kappa shape index (κ2) is 8.03. The van der Waals surface area contributed by atoms with Crippen molar-refractivity contribution < 1.29 is 19.5 Å². The minimum atomic E-state index is -1.04. The number of benzene rings is 1. The maximum Gasteiger partial charge on any atom is 0.243 e. The zero-order valence-corrected chi connectivity index (χ0v) is 15.0. The number of carbonyl (C=O) groups is 3. The third kappa shape index (κ3) is 4.62. The predicted octanol–water partition coefficient (Wildman–Crippen LogP) is 0.488. The number of amides is 3. The number of aliphatic hydroxyl groups is 1. The summed E-state index contributed by atoms with van der Waals surface area (Å²) in [5.74, 6) is -1.64. The number of hydrogen-bond acceptors (Lipinski definition) is 4. The average molecular weight is 388 g/mol. The molecule has 1 aliphatic heterocycles. The lowest BCUT2D eigenvalue weighted by molar-refractivity contribution is -0.138. The molecule has 4 N–H and O–H groups in total. The van der Waals surface area contributed by atoms with E-state index >= 15 is 0 Å². The molecule has 136 valence electrons. The number of β-amino-alcohol motifs (C(OH)–C–C–N with tert-alkyl or cyclic N) is 1. The molecule has 1 aromatic carbocycles. The SMILES string of the molecule is CC(=O)N1C[C@H](O)C[C@H]1C(=O)N[C@H](Cc1c(Cl)cccc1Cl)C(N)=O. The van der Waals surface area contributed by atoms with E-state index in [1.807, 2.05) is 0 Å². The van der Waals surface area contributed by atoms with E-state index in [9.17, 15) is 19.5 Å². The number of hydrogen-bond donors (Lipinski definition) is 3. The molecule has 1 aromatic rings. The van der Waals surface area contributed by atoms with Crippen molar-refractivity contribution in [1.82, 2.24) is 10.2 Å². The zero-order chi connectivity index (χ0) is 18.7. The van der Waals surface area contributed by atoms with Crippen LogP contribution in [0.25, 0.3) is 0 Å². The van der Waals surface area contributed by atoms with Gasteiger partial charge in [-0.2, -0.15) is 0 Å². The lowest BCUT2D eigenvalue weighted by Crippen LogP contribution is -2.52. The summed E-state index contributed by atoms with van der Waals surface area (Å²) in [6.07, 6.45) is -0.664. The molecule has 0 radical (unpaired) electrons. The van der Waals surface area contributed by atoms with Gasteiger partial charge in [-0.25, -0.2) is 0 Å². The molecule has 1 fully saturated rings. The first kappa shape index (κ1) is 19.5. The van der Waals surface area contributed by atoms with Gasteiger partial charge in [0.2, 0.25) is 17.7 Å². The molecule has 0 bridgehead atoms. The van der Waals surface area contributed by atoms with Gasteiger partial charge >= 0.3 is 0 Å². The quantitative estimate of drug-likeness (QED) is 0.681. The Morgan fingerprint density at radius 2 is 1.96 bits per heavy atom. The molecule has 2 rings (SSSR count). The van der Waals surface area contributed by atoms with E-state index in [2.05, 4.69) is 5.32 Å². The van der Waals surface area contributed by atoms with Gasteiger partial charge in [0.1, 0.15) is 12.1 Å². The van der Waals surface area contributed by atoms with Gasteiger partial charge in [0.15, 0.2) is 0 Å². The van der Waals surface area contributed by atoms with Crippen molar-refractivity contribution >= 4 is 40.9 Å². The molecule has 1 heterocycles. The zero-order valence-electron chi connectivity index (χ0n) is 13.5. The number of rotatable bonds is 5. The van der Waals surface area contributed by atoms with Crippen LogP contribution in [0.15, 0.2) is 18.2 Å². The van der Waals surface area contributed by atoms with E-state index in [-0.39, 0.29) is 25.3 Å². The van der Waals surface area contributed by atoms with Gasteiger partial charge in [0.05, 0.1) is 6.10 Å². The summed E-state index contributed by atoms with van der Waals surface area (Å²) in [7, 11) is 0. The Labute approximate surface area is 155 Å². The number of likely N-dealkylation sites (tertiary alicyclic amines) is 1. The number of halogens is 2. The Morgan fingerprint density at radius 3 is 2.48 bits per heavy atom. The highest BCUT2D eigenvalue weighted by Gasteiger charge is 2.38. The first-order valence-electron chi connectivity index (χ1n) is 7.68. The van der Waals surface area contributed by atoms with E-state index in [0.717, 1.165) is 0 Å². The molecule has 0 unspecified atom stereocenters. The molecule has 1 saturated heterocycles. The van der Waals surface area contributed by atoms with Crippen molar-refractivity contribution in [2.75, 3.05) is 6.54 Å². The number of nitrogens with two attached hydrogens (primary N) is 1. The maximum atomic E-state index is 12.5. The van der Waals surface area contributed by atoms with Crippen LogP contribution in [0.3, 0.4) is 0 Å². The Kier molecular flexibility index (Phi) is 6.26. The summed E-state index contributed by atoms with van der Waals surface area (Å²) in [5.41, 5.74) is 5.87. The summed E-state index contributed by atoms with van der Waals surface area (Å²) in [6.45, 7) is 1.39. The van der Waals surface area contributed by atoms with Gasteiger partial charge in [0, 0.05) is 36.4 Å². The summed E-state index contributed by atoms with van der Waals surface area (Å²) < 4.78 is 0. The van der Waals surface area contributed by atoms with Crippen LogP contribution in [0.1, 0.15) is 18.9 Å². The smallest absolute Gasteiger partial charge is 0.243 e. The average Bonchev–Trinajstić information content (AvgIpc) is 2.92.